The second-order valence-corrected chi connectivity index (χ2v) is 7.96. The molecule has 0 bridgehead atoms. The van der Waals surface area contributed by atoms with Crippen LogP contribution in [0.25, 0.3) is 0 Å². The van der Waals surface area contributed by atoms with Crippen molar-refractivity contribution in [3.63, 3.8) is 0 Å². The lowest BCUT2D eigenvalue weighted by atomic mass is 9.89. The van der Waals surface area contributed by atoms with E-state index in [1.807, 2.05) is 18.2 Å². The van der Waals surface area contributed by atoms with Gasteiger partial charge in [0.15, 0.2) is 0 Å². The van der Waals surface area contributed by atoms with Gasteiger partial charge in [0.1, 0.15) is 0 Å². The van der Waals surface area contributed by atoms with Crippen LogP contribution >= 0.6 is 15.9 Å². The van der Waals surface area contributed by atoms with Gasteiger partial charge in [-0.1, -0.05) is 88.8 Å². The molecule has 0 heterocycles. The van der Waals surface area contributed by atoms with Gasteiger partial charge in [0, 0.05) is 10.7 Å². The maximum absolute atomic E-state index is 8.17. The predicted molar refractivity (Wildman–Crippen MR) is 123 cm³/mol. The molecule has 0 saturated carbocycles. The SMILES string of the molecule is BrC1C=CCCC1.C1=C[C@H](c2ccccc2)CCC1.O[B]Oc1ccccc1. The Kier molecular flexibility index (Phi) is 11.5. The molecule has 2 aliphatic rings. The van der Waals surface area contributed by atoms with Gasteiger partial charge in [-0.15, -0.1) is 0 Å². The number of hydrogen-bond donors (Lipinski definition) is 1. The van der Waals surface area contributed by atoms with Gasteiger partial charge in [-0.05, 0) is 56.2 Å². The van der Waals surface area contributed by atoms with Crippen molar-refractivity contribution in [2.24, 2.45) is 0 Å². The highest BCUT2D eigenvalue weighted by atomic mass is 79.9. The first-order chi connectivity index (χ1) is 13.8. The highest BCUT2D eigenvalue weighted by Gasteiger charge is 2.09. The first-order valence-electron chi connectivity index (χ1n) is 9.99. The summed E-state index contributed by atoms with van der Waals surface area (Å²) >= 11 is 3.50. The zero-order valence-corrected chi connectivity index (χ0v) is 17.9. The van der Waals surface area contributed by atoms with Crippen molar-refractivity contribution in [1.82, 2.24) is 0 Å². The Balaban J connectivity index is 0.000000157. The van der Waals surface area contributed by atoms with Crippen molar-refractivity contribution in [3.05, 3.63) is 90.5 Å². The molecule has 0 spiro atoms. The number of allylic oxidation sites excluding steroid dienone is 4. The van der Waals surface area contributed by atoms with Gasteiger partial charge in [-0.3, -0.25) is 0 Å². The number of rotatable bonds is 3. The predicted octanol–water partition coefficient (Wildman–Crippen LogP) is 6.59. The van der Waals surface area contributed by atoms with Gasteiger partial charge < -0.3 is 9.68 Å². The summed E-state index contributed by atoms with van der Waals surface area (Å²) in [6, 6.07) is 19.8. The standard InChI is InChI=1S/C12H14.C6H6BO2.C6H9Br/c1-3-7-11(8-4-1)12-9-5-2-6-10-12;8-7-9-6-4-2-1-3-5-6;7-6-4-2-1-3-5-6/h1,3-5,7-9,12H,2,6,10H2;1-5,8H;2,4,6H,1,3,5H2/t12-;;/m0../s1. The second-order valence-electron chi connectivity index (χ2n) is 6.79. The molecule has 0 aliphatic heterocycles. The Morgan fingerprint density at radius 3 is 1.89 bits per heavy atom. The number of alkyl halides is 1. The molecule has 2 aromatic carbocycles. The molecule has 0 amide bonds. The molecule has 2 aliphatic carbocycles. The van der Waals surface area contributed by atoms with Crippen LogP contribution in [0.4, 0.5) is 0 Å². The molecule has 4 heteroatoms. The molecule has 2 aromatic rings. The fourth-order valence-corrected chi connectivity index (χ4v) is 3.66. The summed E-state index contributed by atoms with van der Waals surface area (Å²) in [6.07, 6.45) is 17.0. The van der Waals surface area contributed by atoms with E-state index < -0.39 is 0 Å². The van der Waals surface area contributed by atoms with Crippen LogP contribution in [0.1, 0.15) is 50.0 Å². The van der Waals surface area contributed by atoms with Gasteiger partial charge in [0.2, 0.25) is 0 Å². The van der Waals surface area contributed by atoms with Crippen molar-refractivity contribution in [3.8, 4) is 5.75 Å². The van der Waals surface area contributed by atoms with Gasteiger partial charge in [0.25, 0.3) is 0 Å². The van der Waals surface area contributed by atoms with Crippen LogP contribution in [0.2, 0.25) is 0 Å². The number of halogens is 1. The molecule has 147 valence electrons. The molecule has 0 saturated heterocycles. The van der Waals surface area contributed by atoms with E-state index in [-0.39, 0.29) is 0 Å². The molecule has 1 N–H and O–H groups in total. The quantitative estimate of drug-likeness (QED) is 0.332. The summed E-state index contributed by atoms with van der Waals surface area (Å²) in [5.74, 6) is 1.32. The highest BCUT2D eigenvalue weighted by Crippen LogP contribution is 2.26. The van der Waals surface area contributed by atoms with Crippen LogP contribution in [0, 0.1) is 0 Å². The zero-order valence-electron chi connectivity index (χ0n) is 16.3. The van der Waals surface area contributed by atoms with E-state index in [1.165, 1.54) is 44.1 Å². The zero-order chi connectivity index (χ0) is 19.9. The Hall–Kier alpha value is -1.78. The van der Waals surface area contributed by atoms with Crippen molar-refractivity contribution >= 4 is 23.6 Å². The minimum absolute atomic E-state index is 0.639. The van der Waals surface area contributed by atoms with E-state index in [4.69, 9.17) is 5.02 Å². The molecule has 0 aromatic heterocycles. The fourth-order valence-electron chi connectivity index (χ4n) is 3.12. The molecule has 28 heavy (non-hydrogen) atoms. The summed E-state index contributed by atoms with van der Waals surface area (Å²) in [4.78, 5) is 0.668. The van der Waals surface area contributed by atoms with Crippen LogP contribution in [-0.4, -0.2) is 17.5 Å². The first kappa shape index (κ1) is 22.5. The summed E-state index contributed by atoms with van der Waals surface area (Å²) in [7, 11) is 0.662. The van der Waals surface area contributed by atoms with E-state index in [0.29, 0.717) is 24.2 Å². The normalized spacial score (nSPS) is 20.1. The Labute approximate surface area is 178 Å². The van der Waals surface area contributed by atoms with Crippen LogP contribution in [0.15, 0.2) is 85.0 Å². The van der Waals surface area contributed by atoms with Gasteiger partial charge in [-0.2, -0.15) is 0 Å². The monoisotopic (exact) mass is 439 g/mol. The summed E-state index contributed by atoms with van der Waals surface area (Å²) in [5.41, 5.74) is 1.47. The van der Waals surface area contributed by atoms with E-state index in [1.54, 1.807) is 12.1 Å². The van der Waals surface area contributed by atoms with Gasteiger partial charge >= 0.3 is 7.69 Å². The molecule has 2 atom stereocenters. The molecule has 1 radical (unpaired) electrons. The maximum Gasteiger partial charge on any atom is 0.569 e. The topological polar surface area (TPSA) is 29.5 Å². The molecular formula is C24H29BBrO2. The average molecular weight is 440 g/mol. The van der Waals surface area contributed by atoms with Gasteiger partial charge in [-0.25, -0.2) is 0 Å². The van der Waals surface area contributed by atoms with Crippen LogP contribution < -0.4 is 4.65 Å². The van der Waals surface area contributed by atoms with Gasteiger partial charge in [0.05, 0.1) is 5.75 Å². The van der Waals surface area contributed by atoms with Crippen molar-refractivity contribution in [2.75, 3.05) is 0 Å². The molecule has 1 unspecified atom stereocenters. The third-order valence-corrected chi connectivity index (χ3v) is 5.37. The average Bonchev–Trinajstić information content (AvgIpc) is 2.77. The molecule has 2 nitrogen and oxygen atoms in total. The van der Waals surface area contributed by atoms with E-state index >= 15 is 0 Å². The molecule has 4 rings (SSSR count). The number of benzene rings is 2. The Morgan fingerprint density at radius 2 is 1.43 bits per heavy atom. The van der Waals surface area contributed by atoms with Crippen molar-refractivity contribution in [2.45, 2.75) is 49.3 Å². The van der Waals surface area contributed by atoms with E-state index in [0.717, 1.165) is 0 Å². The summed E-state index contributed by atoms with van der Waals surface area (Å²) in [6.45, 7) is 0. The highest BCUT2D eigenvalue weighted by molar-refractivity contribution is 9.09. The van der Waals surface area contributed by atoms with E-state index in [9.17, 15) is 0 Å². The lowest BCUT2D eigenvalue weighted by Crippen LogP contribution is -1.98. The fraction of sp³-hybridized carbons (Fsp3) is 0.333. The maximum atomic E-state index is 8.17. The minimum atomic E-state index is 0.639. The lowest BCUT2D eigenvalue weighted by molar-refractivity contribution is 0.454. The minimum Gasteiger partial charge on any atom is -0.537 e. The first-order valence-corrected chi connectivity index (χ1v) is 10.9. The third-order valence-electron chi connectivity index (χ3n) is 4.61. The Morgan fingerprint density at radius 1 is 0.821 bits per heavy atom. The third kappa shape index (κ3) is 9.43. The largest absolute Gasteiger partial charge is 0.569 e. The molecular weight excluding hydrogens is 411 g/mol. The smallest absolute Gasteiger partial charge is 0.537 e. The summed E-state index contributed by atoms with van der Waals surface area (Å²) in [5, 5.41) is 8.17. The second kappa shape index (κ2) is 14.3. The molecule has 0 fully saturated rings. The number of para-hydroxylation sites is 1. The van der Waals surface area contributed by atoms with Crippen molar-refractivity contribution in [1.29, 1.82) is 0 Å². The van der Waals surface area contributed by atoms with Crippen molar-refractivity contribution < 1.29 is 9.68 Å². The van der Waals surface area contributed by atoms with Crippen LogP contribution in [0.5, 0.6) is 5.75 Å². The van der Waals surface area contributed by atoms with E-state index in [2.05, 4.69) is 75.2 Å². The lowest BCUT2D eigenvalue weighted by Gasteiger charge is -2.16. The van der Waals surface area contributed by atoms with Crippen LogP contribution in [-0.2, 0) is 0 Å². The number of hydrogen-bond acceptors (Lipinski definition) is 2. The summed E-state index contributed by atoms with van der Waals surface area (Å²) < 4.78 is 4.64. The van der Waals surface area contributed by atoms with Crippen LogP contribution in [0.3, 0.4) is 0 Å². The Bertz CT molecular complexity index is 688.